The van der Waals surface area contributed by atoms with Crippen LogP contribution in [-0.2, 0) is 4.74 Å². The maximum absolute atomic E-state index is 13.5. The van der Waals surface area contributed by atoms with Crippen LogP contribution in [0.2, 0.25) is 0 Å². The first kappa shape index (κ1) is 12.9. The minimum Gasteiger partial charge on any atom is -0.465 e. The Balaban J connectivity index is 2.37. The lowest BCUT2D eigenvalue weighted by atomic mass is 10.1. The van der Waals surface area contributed by atoms with E-state index in [1.807, 2.05) is 0 Å². The largest absolute Gasteiger partial charge is 0.465 e. The maximum atomic E-state index is 13.5. The molecule has 0 saturated heterocycles. The van der Waals surface area contributed by atoms with E-state index in [0.29, 0.717) is 5.69 Å². The lowest BCUT2D eigenvalue weighted by Gasteiger charge is -2.12. The number of ether oxygens (including phenoxy) is 1. The van der Waals surface area contributed by atoms with Crippen molar-refractivity contribution in [2.24, 2.45) is 0 Å². The zero-order valence-electron chi connectivity index (χ0n) is 10.3. The number of para-hydroxylation sites is 2. The monoisotopic (exact) mass is 260 g/mol. The van der Waals surface area contributed by atoms with Crippen molar-refractivity contribution in [3.05, 3.63) is 53.8 Å². The molecule has 0 aromatic heterocycles. The number of esters is 1. The van der Waals surface area contributed by atoms with Gasteiger partial charge in [0.25, 0.3) is 0 Å². The Kier molecular flexibility index (Phi) is 3.66. The fraction of sp³-hybridized carbons (Fsp3) is 0.0714. The van der Waals surface area contributed by atoms with Crippen molar-refractivity contribution in [2.45, 2.75) is 0 Å². The first-order valence-electron chi connectivity index (χ1n) is 5.62. The lowest BCUT2D eigenvalue weighted by Crippen LogP contribution is -2.07. The molecule has 4 nitrogen and oxygen atoms in total. The Morgan fingerprint density at radius 1 is 1.16 bits per heavy atom. The van der Waals surface area contributed by atoms with Crippen LogP contribution < -0.4 is 11.1 Å². The highest BCUT2D eigenvalue weighted by Gasteiger charge is 2.13. The van der Waals surface area contributed by atoms with Crippen LogP contribution >= 0.6 is 0 Å². The molecule has 0 fully saturated rings. The molecule has 0 atom stereocenters. The maximum Gasteiger partial charge on any atom is 0.340 e. The van der Waals surface area contributed by atoms with Crippen molar-refractivity contribution in [3.63, 3.8) is 0 Å². The summed E-state index contributed by atoms with van der Waals surface area (Å²) in [6.45, 7) is 0. The summed E-state index contributed by atoms with van der Waals surface area (Å²) in [4.78, 5) is 11.5. The molecule has 0 aliphatic heterocycles. The van der Waals surface area contributed by atoms with Gasteiger partial charge >= 0.3 is 5.97 Å². The van der Waals surface area contributed by atoms with Crippen molar-refractivity contribution < 1.29 is 13.9 Å². The van der Waals surface area contributed by atoms with E-state index in [0.717, 1.165) is 0 Å². The van der Waals surface area contributed by atoms with Crippen LogP contribution in [0.15, 0.2) is 42.5 Å². The van der Waals surface area contributed by atoms with Gasteiger partial charge in [-0.25, -0.2) is 9.18 Å². The third-order valence-electron chi connectivity index (χ3n) is 2.65. The van der Waals surface area contributed by atoms with Gasteiger partial charge in [0.05, 0.1) is 29.7 Å². The van der Waals surface area contributed by atoms with E-state index in [4.69, 9.17) is 5.73 Å². The molecule has 0 spiro atoms. The highest BCUT2D eigenvalue weighted by molar-refractivity contribution is 5.98. The molecule has 2 rings (SSSR count). The van der Waals surface area contributed by atoms with Gasteiger partial charge in [0.15, 0.2) is 0 Å². The van der Waals surface area contributed by atoms with E-state index in [1.54, 1.807) is 36.4 Å². The number of halogens is 1. The Bertz CT molecular complexity index is 614. The Hall–Kier alpha value is -2.56. The molecule has 98 valence electrons. The molecule has 2 aromatic rings. The summed E-state index contributed by atoms with van der Waals surface area (Å²) < 4.78 is 18.2. The molecule has 3 N–H and O–H groups in total. The first-order valence-corrected chi connectivity index (χ1v) is 5.62. The van der Waals surface area contributed by atoms with Crippen LogP contribution in [-0.4, -0.2) is 13.1 Å². The molecule has 0 bridgehead atoms. The molecule has 0 aliphatic carbocycles. The van der Waals surface area contributed by atoms with Gasteiger partial charge in [-0.1, -0.05) is 18.2 Å². The zero-order chi connectivity index (χ0) is 13.8. The lowest BCUT2D eigenvalue weighted by molar-refractivity contribution is 0.0602. The van der Waals surface area contributed by atoms with Gasteiger partial charge < -0.3 is 15.8 Å². The number of hydrogen-bond acceptors (Lipinski definition) is 4. The van der Waals surface area contributed by atoms with Crippen LogP contribution in [0.25, 0.3) is 0 Å². The van der Waals surface area contributed by atoms with E-state index in [9.17, 15) is 9.18 Å². The molecule has 0 amide bonds. The Labute approximate surface area is 110 Å². The van der Waals surface area contributed by atoms with Gasteiger partial charge in [0.2, 0.25) is 0 Å². The SMILES string of the molecule is COC(=O)c1cccc(Nc2ccccc2F)c1N. The van der Waals surface area contributed by atoms with Gasteiger partial charge in [-0.3, -0.25) is 0 Å². The summed E-state index contributed by atoms with van der Waals surface area (Å²) in [6.07, 6.45) is 0. The van der Waals surface area contributed by atoms with Crippen molar-refractivity contribution in [1.82, 2.24) is 0 Å². The number of carbonyl (C=O) groups is 1. The van der Waals surface area contributed by atoms with Gasteiger partial charge in [0.1, 0.15) is 5.82 Å². The predicted octanol–water partition coefficient (Wildman–Crippen LogP) is 2.94. The molecule has 19 heavy (non-hydrogen) atoms. The van der Waals surface area contributed by atoms with Crippen molar-refractivity contribution in [3.8, 4) is 0 Å². The number of benzene rings is 2. The fourth-order valence-corrected chi connectivity index (χ4v) is 1.67. The van der Waals surface area contributed by atoms with Crippen molar-refractivity contribution in [2.75, 3.05) is 18.2 Å². The van der Waals surface area contributed by atoms with Crippen LogP contribution in [0.5, 0.6) is 0 Å². The summed E-state index contributed by atoms with van der Waals surface area (Å²) in [7, 11) is 1.28. The molecular formula is C14H13FN2O2. The number of hydrogen-bond donors (Lipinski definition) is 2. The zero-order valence-corrected chi connectivity index (χ0v) is 10.3. The number of nitrogens with one attached hydrogen (secondary N) is 1. The summed E-state index contributed by atoms with van der Waals surface area (Å²) in [5.74, 6) is -0.931. The summed E-state index contributed by atoms with van der Waals surface area (Å²) >= 11 is 0. The summed E-state index contributed by atoms with van der Waals surface area (Å²) in [5, 5.41) is 2.85. The topological polar surface area (TPSA) is 64.3 Å². The van der Waals surface area contributed by atoms with E-state index in [1.165, 1.54) is 13.2 Å². The summed E-state index contributed by atoms with van der Waals surface area (Å²) in [6, 6.07) is 11.1. The number of methoxy groups -OCH3 is 1. The Morgan fingerprint density at radius 2 is 1.84 bits per heavy atom. The van der Waals surface area contributed by atoms with E-state index in [2.05, 4.69) is 10.1 Å². The second-order valence-corrected chi connectivity index (χ2v) is 3.86. The van der Waals surface area contributed by atoms with Crippen molar-refractivity contribution in [1.29, 1.82) is 0 Å². The van der Waals surface area contributed by atoms with Gasteiger partial charge in [-0.05, 0) is 24.3 Å². The van der Waals surface area contributed by atoms with Crippen LogP contribution in [0.4, 0.5) is 21.5 Å². The first-order chi connectivity index (χ1) is 9.13. The van der Waals surface area contributed by atoms with Crippen LogP contribution in [0, 0.1) is 5.82 Å². The second-order valence-electron chi connectivity index (χ2n) is 3.86. The molecular weight excluding hydrogens is 247 g/mol. The van der Waals surface area contributed by atoms with Crippen LogP contribution in [0.1, 0.15) is 10.4 Å². The molecule has 0 radical (unpaired) electrons. The van der Waals surface area contributed by atoms with Gasteiger partial charge in [-0.15, -0.1) is 0 Å². The minimum atomic E-state index is -0.533. The third kappa shape index (κ3) is 2.65. The number of carbonyl (C=O) groups excluding carboxylic acids is 1. The predicted molar refractivity (Wildman–Crippen MR) is 71.9 cm³/mol. The highest BCUT2D eigenvalue weighted by atomic mass is 19.1. The molecule has 0 heterocycles. The quantitative estimate of drug-likeness (QED) is 0.658. The number of nitrogens with two attached hydrogens (primary N) is 1. The van der Waals surface area contributed by atoms with Crippen molar-refractivity contribution >= 4 is 23.0 Å². The second kappa shape index (κ2) is 5.39. The molecule has 0 unspecified atom stereocenters. The third-order valence-corrected chi connectivity index (χ3v) is 2.65. The standard InChI is InChI=1S/C14H13FN2O2/c1-19-14(18)9-5-4-8-12(13(9)16)17-11-7-3-2-6-10(11)15/h2-8,17H,16H2,1H3. The molecule has 5 heteroatoms. The smallest absolute Gasteiger partial charge is 0.340 e. The number of anilines is 3. The molecule has 0 aliphatic rings. The minimum absolute atomic E-state index is 0.220. The number of nitrogen functional groups attached to an aromatic ring is 1. The van der Waals surface area contributed by atoms with Gasteiger partial charge in [0, 0.05) is 0 Å². The highest BCUT2D eigenvalue weighted by Crippen LogP contribution is 2.27. The Morgan fingerprint density at radius 3 is 2.53 bits per heavy atom. The van der Waals surface area contributed by atoms with Gasteiger partial charge in [-0.2, -0.15) is 0 Å². The summed E-state index contributed by atoms with van der Waals surface area (Å²) in [5.41, 5.74) is 7.07. The number of rotatable bonds is 3. The van der Waals surface area contributed by atoms with E-state index < -0.39 is 11.8 Å². The normalized spacial score (nSPS) is 10.0. The molecule has 0 saturated carbocycles. The molecule has 2 aromatic carbocycles. The van der Waals surface area contributed by atoms with E-state index in [-0.39, 0.29) is 16.9 Å². The average molecular weight is 260 g/mol. The van der Waals surface area contributed by atoms with Crippen LogP contribution in [0.3, 0.4) is 0 Å². The van der Waals surface area contributed by atoms with E-state index >= 15 is 0 Å². The fourth-order valence-electron chi connectivity index (χ4n) is 1.67. The average Bonchev–Trinajstić information content (AvgIpc) is 2.42.